The average molecular weight is 309 g/mol. The van der Waals surface area contributed by atoms with Crippen molar-refractivity contribution in [3.05, 3.63) is 65.2 Å². The summed E-state index contributed by atoms with van der Waals surface area (Å²) < 4.78 is 0. The van der Waals surface area contributed by atoms with Crippen molar-refractivity contribution in [3.63, 3.8) is 0 Å². The molecule has 3 N–H and O–H groups in total. The number of phenols is 1. The molecule has 1 atom stereocenters. The lowest BCUT2D eigenvalue weighted by molar-refractivity contribution is 0.0693. The minimum absolute atomic E-state index is 0.0671. The Kier molecular flexibility index (Phi) is 5.79. The molecule has 0 saturated heterocycles. The Bertz CT molecular complexity index is 719. The lowest BCUT2D eigenvalue weighted by Crippen LogP contribution is -2.19. The molecule has 0 bridgehead atoms. The van der Waals surface area contributed by atoms with Crippen molar-refractivity contribution in [2.75, 3.05) is 6.54 Å². The van der Waals surface area contributed by atoms with Crippen LogP contribution in [0.25, 0.3) is 0 Å². The molecule has 4 nitrogen and oxygen atoms in total. The lowest BCUT2D eigenvalue weighted by Gasteiger charge is -2.10. The molecule has 0 spiro atoms. The zero-order chi connectivity index (χ0) is 16.7. The van der Waals surface area contributed by atoms with Gasteiger partial charge in [0.15, 0.2) is 0 Å². The zero-order valence-corrected chi connectivity index (χ0v) is 12.7. The predicted octanol–water partition coefficient (Wildman–Crippen LogP) is 2.99. The number of carbonyl (C=O) groups is 1. The number of hydrogen-bond acceptors (Lipinski definition) is 3. The van der Waals surface area contributed by atoms with E-state index in [0.29, 0.717) is 12.6 Å². The van der Waals surface area contributed by atoms with Crippen molar-refractivity contribution < 1.29 is 15.0 Å². The quantitative estimate of drug-likeness (QED) is 0.762. The number of aryl methyl sites for hydroxylation is 1. The molecule has 0 aliphatic heterocycles. The first kappa shape index (κ1) is 16.6. The highest BCUT2D eigenvalue weighted by molar-refractivity contribution is 5.90. The smallest absolute Gasteiger partial charge is 0.339 e. The number of hydrogen-bond donors (Lipinski definition) is 3. The zero-order valence-electron chi connectivity index (χ0n) is 12.7. The molecule has 0 fully saturated rings. The molecule has 4 heteroatoms. The molecule has 1 aliphatic rings. The molecule has 0 heterocycles. The molecule has 2 aromatic carbocycles. The number of rotatable bonds is 3. The molecule has 0 aromatic heterocycles. The summed E-state index contributed by atoms with van der Waals surface area (Å²) in [5, 5.41) is 20.7. The van der Waals surface area contributed by atoms with Crippen LogP contribution in [0.3, 0.4) is 0 Å². The van der Waals surface area contributed by atoms with Crippen molar-refractivity contribution in [2.24, 2.45) is 0 Å². The van der Waals surface area contributed by atoms with Gasteiger partial charge in [-0.3, -0.25) is 5.32 Å². The Morgan fingerprint density at radius 3 is 2.57 bits per heavy atom. The van der Waals surface area contributed by atoms with Crippen LogP contribution in [-0.4, -0.2) is 22.7 Å². The van der Waals surface area contributed by atoms with E-state index in [-0.39, 0.29) is 11.3 Å². The van der Waals surface area contributed by atoms with Gasteiger partial charge in [0.2, 0.25) is 0 Å². The molecule has 23 heavy (non-hydrogen) atoms. The number of nitrogens with one attached hydrogen (secondary N) is 1. The third kappa shape index (κ3) is 4.35. The second-order valence-corrected chi connectivity index (χ2v) is 5.20. The number of fused-ring (bicyclic) bond motifs is 1. The maximum absolute atomic E-state index is 10.3. The largest absolute Gasteiger partial charge is 0.507 e. The number of aromatic hydroxyl groups is 1. The van der Waals surface area contributed by atoms with Gasteiger partial charge in [-0.25, -0.2) is 4.79 Å². The molecular formula is C19H19NO3. The molecule has 0 saturated carbocycles. The maximum Gasteiger partial charge on any atom is 0.339 e. The highest BCUT2D eigenvalue weighted by atomic mass is 16.4. The Morgan fingerprint density at radius 1 is 1.22 bits per heavy atom. The molecular weight excluding hydrogens is 290 g/mol. The Balaban J connectivity index is 0.000000174. The summed E-state index contributed by atoms with van der Waals surface area (Å²) in [4.78, 5) is 10.3. The average Bonchev–Trinajstić information content (AvgIpc) is 2.97. The third-order valence-electron chi connectivity index (χ3n) is 3.72. The van der Waals surface area contributed by atoms with Crippen LogP contribution in [0.4, 0.5) is 0 Å². The van der Waals surface area contributed by atoms with Crippen LogP contribution in [0, 0.1) is 12.3 Å². The van der Waals surface area contributed by atoms with Crippen LogP contribution in [-0.2, 0) is 6.42 Å². The molecule has 3 rings (SSSR count). The van der Waals surface area contributed by atoms with E-state index in [4.69, 9.17) is 16.6 Å². The van der Waals surface area contributed by atoms with Crippen LogP contribution >= 0.6 is 0 Å². The number of para-hydroxylation sites is 1. The number of aromatic carboxylic acids is 1. The topological polar surface area (TPSA) is 69.6 Å². The first-order valence-corrected chi connectivity index (χ1v) is 7.39. The SMILES string of the molecule is C#CCN[C@@H]1CCc2ccccc21.O=C(O)c1ccccc1O. The van der Waals surface area contributed by atoms with Crippen LogP contribution in [0.1, 0.15) is 33.9 Å². The first-order chi connectivity index (χ1) is 11.1. The van der Waals surface area contributed by atoms with E-state index in [1.54, 1.807) is 12.1 Å². The molecule has 2 aromatic rings. The van der Waals surface area contributed by atoms with Crippen molar-refractivity contribution in [1.82, 2.24) is 5.32 Å². The fourth-order valence-corrected chi connectivity index (χ4v) is 2.61. The number of carboxylic acid groups (broad SMARTS) is 1. The molecule has 1 aliphatic carbocycles. The summed E-state index contributed by atoms with van der Waals surface area (Å²) >= 11 is 0. The van der Waals surface area contributed by atoms with Gasteiger partial charge < -0.3 is 10.2 Å². The maximum atomic E-state index is 10.3. The van der Waals surface area contributed by atoms with E-state index in [2.05, 4.69) is 35.5 Å². The normalized spacial score (nSPS) is 15.0. The third-order valence-corrected chi connectivity index (χ3v) is 3.72. The van der Waals surface area contributed by atoms with Crippen molar-refractivity contribution in [2.45, 2.75) is 18.9 Å². The lowest BCUT2D eigenvalue weighted by atomic mass is 10.1. The minimum Gasteiger partial charge on any atom is -0.507 e. The fourth-order valence-electron chi connectivity index (χ4n) is 2.61. The Labute approximate surface area is 135 Å². The second kappa shape index (κ2) is 8.02. The Hall–Kier alpha value is -2.77. The Morgan fingerprint density at radius 2 is 1.91 bits per heavy atom. The predicted molar refractivity (Wildman–Crippen MR) is 89.4 cm³/mol. The van der Waals surface area contributed by atoms with Crippen molar-refractivity contribution in [1.29, 1.82) is 0 Å². The van der Waals surface area contributed by atoms with Crippen LogP contribution in [0.15, 0.2) is 48.5 Å². The second-order valence-electron chi connectivity index (χ2n) is 5.20. The molecule has 118 valence electrons. The molecule has 0 unspecified atom stereocenters. The molecule has 0 amide bonds. The van der Waals surface area contributed by atoms with Crippen molar-refractivity contribution in [3.8, 4) is 18.1 Å². The molecule has 0 radical (unpaired) electrons. The van der Waals surface area contributed by atoms with Gasteiger partial charge in [-0.05, 0) is 36.1 Å². The highest BCUT2D eigenvalue weighted by Crippen LogP contribution is 2.30. The van der Waals surface area contributed by atoms with Gasteiger partial charge in [-0.15, -0.1) is 6.42 Å². The van der Waals surface area contributed by atoms with Gasteiger partial charge in [-0.1, -0.05) is 42.3 Å². The monoisotopic (exact) mass is 309 g/mol. The van der Waals surface area contributed by atoms with Gasteiger partial charge in [0, 0.05) is 6.04 Å². The fraction of sp³-hybridized carbons (Fsp3) is 0.211. The van der Waals surface area contributed by atoms with E-state index in [1.807, 2.05) is 0 Å². The minimum atomic E-state index is -1.11. The van der Waals surface area contributed by atoms with Gasteiger partial charge in [0.25, 0.3) is 0 Å². The summed E-state index contributed by atoms with van der Waals surface area (Å²) in [5.74, 6) is 1.30. The van der Waals surface area contributed by atoms with Crippen molar-refractivity contribution >= 4 is 5.97 Å². The van der Waals surface area contributed by atoms with Gasteiger partial charge >= 0.3 is 5.97 Å². The van der Waals surface area contributed by atoms with Crippen LogP contribution in [0.2, 0.25) is 0 Å². The number of benzene rings is 2. The van der Waals surface area contributed by atoms with E-state index in [1.165, 1.54) is 36.1 Å². The number of carboxylic acids is 1. The summed E-state index contributed by atoms with van der Waals surface area (Å²) in [5.41, 5.74) is 2.83. The van der Waals surface area contributed by atoms with Crippen LogP contribution in [0.5, 0.6) is 5.75 Å². The summed E-state index contributed by atoms with van der Waals surface area (Å²) in [6.45, 7) is 0.666. The first-order valence-electron chi connectivity index (χ1n) is 7.39. The van der Waals surface area contributed by atoms with Crippen LogP contribution < -0.4 is 5.32 Å². The standard InChI is InChI=1S/C12H13N.C7H6O3/c1-2-9-13-12-8-7-10-5-3-4-6-11(10)12;8-6-4-2-1-3-5(6)7(9)10/h1,3-6,12-13H,7-9H2;1-4,8H,(H,9,10)/t12-;/m1./s1. The summed E-state index contributed by atoms with van der Waals surface area (Å²) in [7, 11) is 0. The van der Waals surface area contributed by atoms with Gasteiger partial charge in [0.05, 0.1) is 6.54 Å². The van der Waals surface area contributed by atoms with E-state index in [9.17, 15) is 4.79 Å². The highest BCUT2D eigenvalue weighted by Gasteiger charge is 2.20. The van der Waals surface area contributed by atoms with Gasteiger partial charge in [0.1, 0.15) is 11.3 Å². The number of terminal acetylenes is 1. The van der Waals surface area contributed by atoms with E-state index in [0.717, 1.165) is 0 Å². The summed E-state index contributed by atoms with van der Waals surface area (Å²) in [6, 6.07) is 14.9. The van der Waals surface area contributed by atoms with E-state index < -0.39 is 5.97 Å². The summed E-state index contributed by atoms with van der Waals surface area (Å²) in [6.07, 6.45) is 7.57. The van der Waals surface area contributed by atoms with E-state index >= 15 is 0 Å². The van der Waals surface area contributed by atoms with Gasteiger partial charge in [-0.2, -0.15) is 0 Å².